The Morgan fingerprint density at radius 3 is 2.17 bits per heavy atom. The SMILES string of the molecule is CC(O)C(c1ccc(F)cc1)N1CCN(c2ccccc2O)CC1. The maximum absolute atomic E-state index is 13.2. The Hall–Kier alpha value is -2.11. The number of aliphatic hydroxyl groups is 1. The smallest absolute Gasteiger partial charge is 0.138 e. The Balaban J connectivity index is 1.72. The van der Waals surface area contributed by atoms with Crippen molar-refractivity contribution in [3.05, 3.63) is 59.9 Å². The molecule has 0 spiro atoms. The molecule has 1 aliphatic rings. The van der Waals surface area contributed by atoms with Crippen LogP contribution in [0.4, 0.5) is 10.1 Å². The molecule has 2 unspecified atom stereocenters. The number of phenolic OH excluding ortho intramolecular Hbond substituents is 1. The first kappa shape index (κ1) is 16.7. The lowest BCUT2D eigenvalue weighted by Crippen LogP contribution is -2.49. The van der Waals surface area contributed by atoms with Crippen LogP contribution in [0.2, 0.25) is 0 Å². The molecule has 24 heavy (non-hydrogen) atoms. The highest BCUT2D eigenvalue weighted by Crippen LogP contribution is 2.30. The van der Waals surface area contributed by atoms with E-state index in [1.54, 1.807) is 25.1 Å². The number of hydrogen-bond acceptors (Lipinski definition) is 4. The summed E-state index contributed by atoms with van der Waals surface area (Å²) in [6.45, 7) is 4.83. The van der Waals surface area contributed by atoms with Gasteiger partial charge in [-0.3, -0.25) is 4.90 Å². The van der Waals surface area contributed by atoms with Gasteiger partial charge in [0.15, 0.2) is 0 Å². The Morgan fingerprint density at radius 1 is 0.958 bits per heavy atom. The van der Waals surface area contributed by atoms with Crippen LogP contribution >= 0.6 is 0 Å². The zero-order valence-corrected chi connectivity index (χ0v) is 13.8. The largest absolute Gasteiger partial charge is 0.506 e. The van der Waals surface area contributed by atoms with Crippen molar-refractivity contribution in [2.24, 2.45) is 0 Å². The van der Waals surface area contributed by atoms with E-state index < -0.39 is 6.10 Å². The highest BCUT2D eigenvalue weighted by molar-refractivity contribution is 5.57. The maximum Gasteiger partial charge on any atom is 0.138 e. The second-order valence-electron chi connectivity index (χ2n) is 6.25. The molecule has 5 heteroatoms. The van der Waals surface area contributed by atoms with Crippen LogP contribution in [0, 0.1) is 5.82 Å². The summed E-state index contributed by atoms with van der Waals surface area (Å²) in [7, 11) is 0. The molecule has 1 saturated heterocycles. The van der Waals surface area contributed by atoms with Crippen molar-refractivity contribution in [1.82, 2.24) is 4.90 Å². The van der Waals surface area contributed by atoms with Gasteiger partial charge in [-0.25, -0.2) is 4.39 Å². The van der Waals surface area contributed by atoms with Crippen LogP contribution in [0.15, 0.2) is 48.5 Å². The third-order valence-corrected chi connectivity index (χ3v) is 4.60. The Kier molecular flexibility index (Phi) is 5.02. The number of hydrogen-bond donors (Lipinski definition) is 2. The predicted octanol–water partition coefficient (Wildman–Crippen LogP) is 2.78. The molecule has 128 valence electrons. The number of halogens is 1. The molecule has 0 saturated carbocycles. The van der Waals surface area contributed by atoms with Crippen LogP contribution in [-0.4, -0.2) is 47.4 Å². The third-order valence-electron chi connectivity index (χ3n) is 4.60. The maximum atomic E-state index is 13.2. The highest BCUT2D eigenvalue weighted by atomic mass is 19.1. The standard InChI is InChI=1S/C19H23FN2O2/c1-14(23)19(15-6-8-16(20)9-7-15)22-12-10-21(11-13-22)17-4-2-3-5-18(17)24/h2-9,14,19,23-24H,10-13H2,1H3. The summed E-state index contributed by atoms with van der Waals surface area (Å²) < 4.78 is 13.2. The minimum absolute atomic E-state index is 0.155. The van der Waals surface area contributed by atoms with Crippen molar-refractivity contribution in [3.63, 3.8) is 0 Å². The first-order valence-corrected chi connectivity index (χ1v) is 8.27. The number of aromatic hydroxyl groups is 1. The molecular weight excluding hydrogens is 307 g/mol. The number of piperazine rings is 1. The van der Waals surface area contributed by atoms with Crippen molar-refractivity contribution >= 4 is 5.69 Å². The highest BCUT2D eigenvalue weighted by Gasteiger charge is 2.29. The summed E-state index contributed by atoms with van der Waals surface area (Å²) in [6, 6.07) is 13.5. The predicted molar refractivity (Wildman–Crippen MR) is 92.7 cm³/mol. The molecule has 1 fully saturated rings. The average molecular weight is 330 g/mol. The van der Waals surface area contributed by atoms with Crippen molar-refractivity contribution < 1.29 is 14.6 Å². The Morgan fingerprint density at radius 2 is 1.58 bits per heavy atom. The molecule has 2 aromatic rings. The first-order chi connectivity index (χ1) is 11.6. The van der Waals surface area contributed by atoms with Gasteiger partial charge in [0.25, 0.3) is 0 Å². The van der Waals surface area contributed by atoms with Crippen LogP contribution in [0.5, 0.6) is 5.75 Å². The summed E-state index contributed by atoms with van der Waals surface area (Å²) in [5, 5.41) is 20.2. The van der Waals surface area contributed by atoms with E-state index >= 15 is 0 Å². The Labute approximate surface area is 141 Å². The molecule has 1 aliphatic heterocycles. The summed E-state index contributed by atoms with van der Waals surface area (Å²) in [6.07, 6.45) is -0.549. The molecule has 1 heterocycles. The third kappa shape index (κ3) is 3.52. The van der Waals surface area contributed by atoms with Gasteiger partial charge in [0.05, 0.1) is 17.8 Å². The number of phenols is 1. The zero-order chi connectivity index (χ0) is 17.1. The van der Waals surface area contributed by atoms with Gasteiger partial charge in [-0.05, 0) is 36.8 Å². The number of nitrogens with zero attached hydrogens (tertiary/aromatic N) is 2. The first-order valence-electron chi connectivity index (χ1n) is 8.27. The van der Waals surface area contributed by atoms with Gasteiger partial charge < -0.3 is 15.1 Å². The van der Waals surface area contributed by atoms with Crippen LogP contribution in [-0.2, 0) is 0 Å². The van der Waals surface area contributed by atoms with Gasteiger partial charge >= 0.3 is 0 Å². The molecule has 2 aromatic carbocycles. The lowest BCUT2D eigenvalue weighted by molar-refractivity contribution is 0.0563. The van der Waals surface area contributed by atoms with Crippen LogP contribution in [0.3, 0.4) is 0 Å². The Bertz CT molecular complexity index is 667. The van der Waals surface area contributed by atoms with E-state index in [0.717, 1.165) is 37.4 Å². The van der Waals surface area contributed by atoms with E-state index in [9.17, 15) is 14.6 Å². The van der Waals surface area contributed by atoms with Crippen molar-refractivity contribution in [3.8, 4) is 5.75 Å². The minimum atomic E-state index is -0.549. The fraction of sp³-hybridized carbons (Fsp3) is 0.368. The van der Waals surface area contributed by atoms with E-state index in [1.165, 1.54) is 12.1 Å². The van der Waals surface area contributed by atoms with Crippen LogP contribution < -0.4 is 4.90 Å². The van der Waals surface area contributed by atoms with Gasteiger partial charge in [0.1, 0.15) is 11.6 Å². The molecule has 0 bridgehead atoms. The zero-order valence-electron chi connectivity index (χ0n) is 13.8. The lowest BCUT2D eigenvalue weighted by atomic mass is 9.99. The number of rotatable bonds is 4. The lowest BCUT2D eigenvalue weighted by Gasteiger charge is -2.41. The molecule has 0 aliphatic carbocycles. The second-order valence-corrected chi connectivity index (χ2v) is 6.25. The number of para-hydroxylation sites is 2. The molecule has 2 atom stereocenters. The van der Waals surface area contributed by atoms with Crippen molar-refractivity contribution in [2.75, 3.05) is 31.1 Å². The molecule has 0 amide bonds. The van der Waals surface area contributed by atoms with Gasteiger partial charge in [0, 0.05) is 26.2 Å². The van der Waals surface area contributed by atoms with Gasteiger partial charge in [-0.1, -0.05) is 24.3 Å². The van der Waals surface area contributed by atoms with E-state index in [-0.39, 0.29) is 17.6 Å². The average Bonchev–Trinajstić information content (AvgIpc) is 2.58. The monoisotopic (exact) mass is 330 g/mol. The topological polar surface area (TPSA) is 46.9 Å². The van der Waals surface area contributed by atoms with Gasteiger partial charge in [0.2, 0.25) is 0 Å². The molecule has 0 aromatic heterocycles. The fourth-order valence-corrected chi connectivity index (χ4v) is 3.43. The van der Waals surface area contributed by atoms with Gasteiger partial charge in [-0.15, -0.1) is 0 Å². The number of aliphatic hydroxyl groups excluding tert-OH is 1. The van der Waals surface area contributed by atoms with Crippen molar-refractivity contribution in [2.45, 2.75) is 19.1 Å². The summed E-state index contributed by atoms with van der Waals surface area (Å²) >= 11 is 0. The molecule has 4 nitrogen and oxygen atoms in total. The quantitative estimate of drug-likeness (QED) is 0.905. The summed E-state index contributed by atoms with van der Waals surface area (Å²) in [5.41, 5.74) is 1.76. The molecular formula is C19H23FN2O2. The number of anilines is 1. The van der Waals surface area contributed by atoms with Crippen LogP contribution in [0.25, 0.3) is 0 Å². The fourth-order valence-electron chi connectivity index (χ4n) is 3.43. The molecule has 2 N–H and O–H groups in total. The molecule has 0 radical (unpaired) electrons. The van der Waals surface area contributed by atoms with E-state index in [0.29, 0.717) is 0 Å². The second kappa shape index (κ2) is 7.20. The van der Waals surface area contributed by atoms with Crippen molar-refractivity contribution in [1.29, 1.82) is 0 Å². The normalized spacial score (nSPS) is 18.4. The summed E-state index contributed by atoms with van der Waals surface area (Å²) in [5.74, 6) is 0.0176. The van der Waals surface area contributed by atoms with E-state index in [2.05, 4.69) is 9.80 Å². The van der Waals surface area contributed by atoms with Crippen LogP contribution in [0.1, 0.15) is 18.5 Å². The summed E-state index contributed by atoms with van der Waals surface area (Å²) in [4.78, 5) is 4.37. The van der Waals surface area contributed by atoms with E-state index in [1.807, 2.05) is 18.2 Å². The molecule has 3 rings (SSSR count). The minimum Gasteiger partial charge on any atom is -0.506 e. The number of benzene rings is 2. The van der Waals surface area contributed by atoms with E-state index in [4.69, 9.17) is 0 Å². The van der Waals surface area contributed by atoms with Gasteiger partial charge in [-0.2, -0.15) is 0 Å².